The number of benzene rings is 1. The van der Waals surface area contributed by atoms with Crippen LogP contribution in [0.25, 0.3) is 10.2 Å². The van der Waals surface area contributed by atoms with E-state index >= 15 is 0 Å². The van der Waals surface area contributed by atoms with Gasteiger partial charge in [0, 0.05) is 6.20 Å². The molecule has 4 nitrogen and oxygen atoms in total. The van der Waals surface area contributed by atoms with E-state index in [9.17, 15) is 9.18 Å². The molecule has 1 amide bonds. The summed E-state index contributed by atoms with van der Waals surface area (Å²) in [4.78, 5) is 20.1. The van der Waals surface area contributed by atoms with Gasteiger partial charge in [-0.3, -0.25) is 15.1 Å². The molecule has 0 unspecified atom stereocenters. The van der Waals surface area contributed by atoms with E-state index in [1.165, 1.54) is 23.6 Å². The lowest BCUT2D eigenvalue weighted by Gasteiger charge is -2.01. The van der Waals surface area contributed by atoms with Crippen molar-refractivity contribution in [1.82, 2.24) is 9.97 Å². The van der Waals surface area contributed by atoms with Crippen LogP contribution in [0.15, 0.2) is 30.6 Å². The maximum absolute atomic E-state index is 13.5. The minimum atomic E-state index is -0.650. The largest absolute Gasteiger partial charge is 0.298 e. The molecule has 0 fully saturated rings. The van der Waals surface area contributed by atoms with Gasteiger partial charge in [-0.1, -0.05) is 17.4 Å². The van der Waals surface area contributed by atoms with Crippen molar-refractivity contribution in [3.63, 3.8) is 0 Å². The van der Waals surface area contributed by atoms with Gasteiger partial charge in [-0.05, 0) is 37.1 Å². The molecule has 2 aromatic heterocycles. The predicted octanol–water partition coefficient (Wildman–Crippen LogP) is 3.70. The Bertz CT molecular complexity index is 844. The maximum atomic E-state index is 13.5. The third-order valence-corrected chi connectivity index (χ3v) is 3.99. The molecule has 0 saturated heterocycles. The number of carbonyl (C=O) groups is 1. The number of fused-ring (bicyclic) bond motifs is 1. The standard InChI is InChI=1S/C15H12FN3OS/c1-8-5-9(2)13-12(6-8)21-15(18-13)19-14(20)10-3-4-17-7-11(10)16/h3-7H,1-2H3,(H,18,19,20). The summed E-state index contributed by atoms with van der Waals surface area (Å²) in [5.41, 5.74) is 3.01. The number of hydrogen-bond acceptors (Lipinski definition) is 4. The van der Waals surface area contributed by atoms with Crippen LogP contribution in [0.3, 0.4) is 0 Å². The van der Waals surface area contributed by atoms with Crippen molar-refractivity contribution in [2.45, 2.75) is 13.8 Å². The Hall–Kier alpha value is -2.34. The molecule has 0 bridgehead atoms. The van der Waals surface area contributed by atoms with Crippen LogP contribution >= 0.6 is 11.3 Å². The summed E-state index contributed by atoms with van der Waals surface area (Å²) < 4.78 is 14.5. The minimum Gasteiger partial charge on any atom is -0.298 e. The lowest BCUT2D eigenvalue weighted by Crippen LogP contribution is -2.13. The van der Waals surface area contributed by atoms with E-state index in [4.69, 9.17) is 0 Å². The molecule has 0 saturated carbocycles. The summed E-state index contributed by atoms with van der Waals surface area (Å²) in [6.07, 6.45) is 2.39. The molecule has 1 N–H and O–H groups in total. The monoisotopic (exact) mass is 301 g/mol. The van der Waals surface area contributed by atoms with Crippen molar-refractivity contribution in [3.8, 4) is 0 Å². The second kappa shape index (κ2) is 5.21. The van der Waals surface area contributed by atoms with Gasteiger partial charge in [-0.25, -0.2) is 9.37 Å². The van der Waals surface area contributed by atoms with Crippen molar-refractivity contribution < 1.29 is 9.18 Å². The van der Waals surface area contributed by atoms with Crippen molar-refractivity contribution in [2.75, 3.05) is 5.32 Å². The van der Waals surface area contributed by atoms with E-state index in [2.05, 4.69) is 15.3 Å². The zero-order chi connectivity index (χ0) is 15.0. The lowest BCUT2D eigenvalue weighted by atomic mass is 10.1. The molecular formula is C15H12FN3OS. The molecular weight excluding hydrogens is 289 g/mol. The van der Waals surface area contributed by atoms with E-state index in [-0.39, 0.29) is 5.56 Å². The van der Waals surface area contributed by atoms with Crippen molar-refractivity contribution in [1.29, 1.82) is 0 Å². The fourth-order valence-electron chi connectivity index (χ4n) is 2.15. The SMILES string of the molecule is Cc1cc(C)c2nc(NC(=O)c3ccncc3F)sc2c1. The number of nitrogens with one attached hydrogen (secondary N) is 1. The Morgan fingerprint density at radius 1 is 1.33 bits per heavy atom. The van der Waals surface area contributed by atoms with Crippen LogP contribution in [0.1, 0.15) is 21.5 Å². The number of amides is 1. The minimum absolute atomic E-state index is 0.0443. The number of pyridine rings is 1. The van der Waals surface area contributed by atoms with Crippen molar-refractivity contribution in [2.24, 2.45) is 0 Å². The molecule has 3 rings (SSSR count). The molecule has 1 aromatic carbocycles. The molecule has 6 heteroatoms. The molecule has 0 atom stereocenters. The number of aromatic nitrogens is 2. The Balaban J connectivity index is 1.94. The number of hydrogen-bond donors (Lipinski definition) is 1. The lowest BCUT2D eigenvalue weighted by molar-refractivity contribution is 0.102. The van der Waals surface area contributed by atoms with Gasteiger partial charge < -0.3 is 0 Å². The van der Waals surface area contributed by atoms with E-state index in [0.717, 1.165) is 27.5 Å². The van der Waals surface area contributed by atoms with Crippen LogP contribution in [0.5, 0.6) is 0 Å². The van der Waals surface area contributed by atoms with Crippen LogP contribution in [-0.2, 0) is 0 Å². The summed E-state index contributed by atoms with van der Waals surface area (Å²) in [6.45, 7) is 3.99. The predicted molar refractivity (Wildman–Crippen MR) is 81.2 cm³/mol. The van der Waals surface area contributed by atoms with Gasteiger partial charge in [0.2, 0.25) is 0 Å². The highest BCUT2D eigenvalue weighted by Gasteiger charge is 2.14. The van der Waals surface area contributed by atoms with Gasteiger partial charge in [0.25, 0.3) is 5.91 Å². The third-order valence-electron chi connectivity index (χ3n) is 3.07. The van der Waals surface area contributed by atoms with Crippen LogP contribution in [-0.4, -0.2) is 15.9 Å². The Morgan fingerprint density at radius 2 is 2.14 bits per heavy atom. The average molecular weight is 301 g/mol. The van der Waals surface area contributed by atoms with Gasteiger partial charge in [-0.2, -0.15) is 0 Å². The molecule has 21 heavy (non-hydrogen) atoms. The van der Waals surface area contributed by atoms with Crippen molar-refractivity contribution >= 4 is 32.6 Å². The van der Waals surface area contributed by atoms with Gasteiger partial charge >= 0.3 is 0 Å². The molecule has 2 heterocycles. The number of thiazole rings is 1. The van der Waals surface area contributed by atoms with E-state index < -0.39 is 11.7 Å². The number of rotatable bonds is 2. The molecule has 0 spiro atoms. The summed E-state index contributed by atoms with van der Waals surface area (Å²) >= 11 is 1.37. The van der Waals surface area contributed by atoms with Gasteiger partial charge in [0.1, 0.15) is 0 Å². The van der Waals surface area contributed by atoms with Gasteiger partial charge in [-0.15, -0.1) is 0 Å². The van der Waals surface area contributed by atoms with Crippen LogP contribution in [0, 0.1) is 19.7 Å². The molecule has 0 aliphatic heterocycles. The molecule has 0 radical (unpaired) electrons. The number of halogens is 1. The molecule has 0 aliphatic rings. The third kappa shape index (κ3) is 2.62. The van der Waals surface area contributed by atoms with E-state index in [1.807, 2.05) is 26.0 Å². The van der Waals surface area contributed by atoms with E-state index in [0.29, 0.717) is 5.13 Å². The topological polar surface area (TPSA) is 54.9 Å². The summed E-state index contributed by atoms with van der Waals surface area (Å²) in [7, 11) is 0. The zero-order valence-electron chi connectivity index (χ0n) is 11.5. The summed E-state index contributed by atoms with van der Waals surface area (Å²) in [6, 6.07) is 5.40. The first-order valence-electron chi connectivity index (χ1n) is 6.33. The Kier molecular flexibility index (Phi) is 3.39. The molecule has 0 aliphatic carbocycles. The maximum Gasteiger partial charge on any atom is 0.260 e. The quantitative estimate of drug-likeness (QED) is 0.785. The number of aryl methyl sites for hydroxylation is 2. The normalized spacial score (nSPS) is 10.8. The van der Waals surface area contributed by atoms with Gasteiger partial charge in [0.05, 0.1) is 22.0 Å². The Labute approximate surface area is 124 Å². The van der Waals surface area contributed by atoms with E-state index in [1.54, 1.807) is 0 Å². The van der Waals surface area contributed by atoms with Crippen LogP contribution in [0.2, 0.25) is 0 Å². The second-order valence-corrected chi connectivity index (χ2v) is 5.79. The number of carbonyl (C=O) groups excluding carboxylic acids is 1. The number of nitrogens with zero attached hydrogens (tertiary/aromatic N) is 2. The zero-order valence-corrected chi connectivity index (χ0v) is 12.3. The highest BCUT2D eigenvalue weighted by Crippen LogP contribution is 2.29. The summed E-state index contributed by atoms with van der Waals surface area (Å²) in [5, 5.41) is 3.09. The molecule has 3 aromatic rings. The molecule has 106 valence electrons. The highest BCUT2D eigenvalue weighted by molar-refractivity contribution is 7.22. The van der Waals surface area contributed by atoms with Crippen LogP contribution < -0.4 is 5.32 Å². The summed E-state index contributed by atoms with van der Waals surface area (Å²) in [5.74, 6) is -1.17. The number of anilines is 1. The van der Waals surface area contributed by atoms with Crippen LogP contribution in [0.4, 0.5) is 9.52 Å². The van der Waals surface area contributed by atoms with Crippen molar-refractivity contribution in [3.05, 3.63) is 53.1 Å². The smallest absolute Gasteiger partial charge is 0.260 e. The first-order valence-corrected chi connectivity index (χ1v) is 7.15. The Morgan fingerprint density at radius 3 is 2.90 bits per heavy atom. The average Bonchev–Trinajstić information content (AvgIpc) is 2.81. The highest BCUT2D eigenvalue weighted by atomic mass is 32.1. The van der Waals surface area contributed by atoms with Gasteiger partial charge in [0.15, 0.2) is 10.9 Å². The second-order valence-electron chi connectivity index (χ2n) is 4.76. The first-order chi connectivity index (χ1) is 10.0. The fraction of sp³-hybridized carbons (Fsp3) is 0.133. The first kappa shape index (κ1) is 13.6. The fourth-order valence-corrected chi connectivity index (χ4v) is 3.18.